The zero-order chi connectivity index (χ0) is 21.5. The van der Waals surface area contributed by atoms with Gasteiger partial charge in [-0.1, -0.05) is 43.2 Å². The molecule has 0 spiro atoms. The van der Waals surface area contributed by atoms with Gasteiger partial charge >= 0.3 is 0 Å². The average Bonchev–Trinajstić information content (AvgIpc) is 3.35. The van der Waals surface area contributed by atoms with E-state index in [1.54, 1.807) is 17.1 Å². The molecule has 2 atom stereocenters. The van der Waals surface area contributed by atoms with Gasteiger partial charge in [0.1, 0.15) is 0 Å². The van der Waals surface area contributed by atoms with Gasteiger partial charge in [-0.3, -0.25) is 4.79 Å². The monoisotopic (exact) mass is 417 g/mol. The van der Waals surface area contributed by atoms with Crippen molar-refractivity contribution in [3.05, 3.63) is 78.2 Å². The fourth-order valence-electron chi connectivity index (χ4n) is 4.38. The van der Waals surface area contributed by atoms with Crippen LogP contribution >= 0.6 is 0 Å². The lowest BCUT2D eigenvalue weighted by atomic mass is 9.84. The van der Waals surface area contributed by atoms with Crippen LogP contribution in [0, 0.1) is 5.92 Å². The number of rotatable bonds is 8. The largest absolute Gasteiger partial charge is 0.349 e. The lowest BCUT2D eigenvalue weighted by Crippen LogP contribution is -2.46. The fourth-order valence-corrected chi connectivity index (χ4v) is 4.38. The summed E-state index contributed by atoms with van der Waals surface area (Å²) in [5, 5.41) is 7.47. The molecule has 1 N–H and O–H groups in total. The van der Waals surface area contributed by atoms with Gasteiger partial charge in [0.25, 0.3) is 5.91 Å². The molecule has 4 rings (SSSR count). The summed E-state index contributed by atoms with van der Waals surface area (Å²) in [5.74, 6) is 1.15. The van der Waals surface area contributed by atoms with Crippen LogP contribution in [0.15, 0.2) is 67.1 Å². The highest BCUT2D eigenvalue weighted by atomic mass is 16.1. The van der Waals surface area contributed by atoms with Crippen LogP contribution < -0.4 is 5.32 Å². The number of pyridine rings is 1. The number of nitrogens with one attached hydrogen (secondary N) is 1. The number of hydrogen-bond donors (Lipinski definition) is 1. The predicted molar refractivity (Wildman–Crippen MR) is 122 cm³/mol. The average molecular weight is 418 g/mol. The van der Waals surface area contributed by atoms with E-state index in [4.69, 9.17) is 0 Å². The molecule has 0 bridgehead atoms. The Morgan fingerprint density at radius 2 is 1.97 bits per heavy atom. The third-order valence-corrected chi connectivity index (χ3v) is 6.15. The summed E-state index contributed by atoms with van der Waals surface area (Å²) in [5.41, 5.74) is 1.96. The van der Waals surface area contributed by atoms with Crippen LogP contribution in [0.5, 0.6) is 0 Å². The minimum absolute atomic E-state index is 0.0386. The van der Waals surface area contributed by atoms with Crippen molar-refractivity contribution in [2.45, 2.75) is 38.1 Å². The number of nitrogens with zero attached hydrogens (tertiary/aromatic N) is 4. The summed E-state index contributed by atoms with van der Waals surface area (Å²) in [6, 6.07) is 16.3. The van der Waals surface area contributed by atoms with Crippen molar-refractivity contribution in [2.75, 3.05) is 20.1 Å². The van der Waals surface area contributed by atoms with E-state index >= 15 is 0 Å². The van der Waals surface area contributed by atoms with E-state index in [2.05, 4.69) is 57.7 Å². The van der Waals surface area contributed by atoms with Crippen molar-refractivity contribution in [3.8, 4) is 5.82 Å². The minimum atomic E-state index is -0.0386. The molecule has 0 aliphatic heterocycles. The molecule has 2 aromatic heterocycles. The third kappa shape index (κ3) is 5.79. The number of carbonyl (C=O) groups is 1. The van der Waals surface area contributed by atoms with Crippen molar-refractivity contribution >= 4 is 5.91 Å². The van der Waals surface area contributed by atoms with Gasteiger partial charge in [-0.05, 0) is 56.0 Å². The van der Waals surface area contributed by atoms with Crippen LogP contribution in [0.1, 0.15) is 41.6 Å². The second-order valence-electron chi connectivity index (χ2n) is 8.48. The number of likely N-dealkylation sites (N-methyl/N-ethyl adjacent to an activating group) is 1. The molecule has 1 aliphatic rings. The van der Waals surface area contributed by atoms with Gasteiger partial charge in [-0.2, -0.15) is 5.10 Å². The van der Waals surface area contributed by atoms with Gasteiger partial charge in [-0.15, -0.1) is 0 Å². The quantitative estimate of drug-likeness (QED) is 0.607. The third-order valence-electron chi connectivity index (χ3n) is 6.15. The molecule has 0 saturated heterocycles. The number of hydrogen-bond acceptors (Lipinski definition) is 4. The lowest BCUT2D eigenvalue weighted by Gasteiger charge is -2.35. The number of amides is 1. The molecule has 3 aromatic rings. The maximum atomic E-state index is 12.9. The zero-order valence-electron chi connectivity index (χ0n) is 18.2. The summed E-state index contributed by atoms with van der Waals surface area (Å²) in [6.45, 7) is 2.04. The first-order valence-electron chi connectivity index (χ1n) is 11.2. The Hall–Kier alpha value is -2.99. The van der Waals surface area contributed by atoms with Gasteiger partial charge in [0, 0.05) is 37.7 Å². The summed E-state index contributed by atoms with van der Waals surface area (Å²) in [6.07, 6.45) is 10.9. The first kappa shape index (κ1) is 21.2. The highest BCUT2D eigenvalue weighted by Crippen LogP contribution is 2.25. The van der Waals surface area contributed by atoms with E-state index in [-0.39, 0.29) is 11.9 Å². The molecule has 6 nitrogen and oxygen atoms in total. The summed E-state index contributed by atoms with van der Waals surface area (Å²) in [7, 11) is 2.19. The van der Waals surface area contributed by atoms with Gasteiger partial charge in [-0.25, -0.2) is 9.67 Å². The van der Waals surface area contributed by atoms with Crippen molar-refractivity contribution in [1.82, 2.24) is 25.0 Å². The first-order chi connectivity index (χ1) is 15.2. The fraction of sp³-hybridized carbons (Fsp3) is 0.400. The van der Waals surface area contributed by atoms with E-state index in [1.807, 2.05) is 24.4 Å². The SMILES string of the molecule is CN(CCc1ccccc1)C[C@@H]1CCCCC1NC(=O)c1ccc(-n2cccn2)nc1. The number of benzene rings is 1. The number of carbonyl (C=O) groups excluding carboxylic acids is 1. The molecule has 162 valence electrons. The van der Waals surface area contributed by atoms with E-state index in [0.717, 1.165) is 32.4 Å². The summed E-state index contributed by atoms with van der Waals surface area (Å²) in [4.78, 5) is 19.7. The van der Waals surface area contributed by atoms with Crippen molar-refractivity contribution < 1.29 is 4.79 Å². The van der Waals surface area contributed by atoms with Crippen LogP contribution in [0.25, 0.3) is 5.82 Å². The molecule has 0 radical (unpaired) electrons. The van der Waals surface area contributed by atoms with Gasteiger partial charge in [0.2, 0.25) is 0 Å². The van der Waals surface area contributed by atoms with E-state index in [0.29, 0.717) is 17.3 Å². The molecule has 1 aromatic carbocycles. The summed E-state index contributed by atoms with van der Waals surface area (Å²) >= 11 is 0. The molecular formula is C25H31N5O. The highest BCUT2D eigenvalue weighted by Gasteiger charge is 2.27. The van der Waals surface area contributed by atoms with Crippen LogP contribution in [-0.2, 0) is 6.42 Å². The maximum absolute atomic E-state index is 12.9. The molecule has 2 heterocycles. The molecule has 1 amide bonds. The van der Waals surface area contributed by atoms with Gasteiger partial charge < -0.3 is 10.2 Å². The minimum Gasteiger partial charge on any atom is -0.349 e. The topological polar surface area (TPSA) is 63.1 Å². The Balaban J connectivity index is 1.32. The molecule has 1 unspecified atom stereocenters. The van der Waals surface area contributed by atoms with Gasteiger partial charge in [0.05, 0.1) is 5.56 Å². The van der Waals surface area contributed by atoms with Crippen LogP contribution in [0.2, 0.25) is 0 Å². The van der Waals surface area contributed by atoms with Crippen LogP contribution in [0.3, 0.4) is 0 Å². The normalized spacial score (nSPS) is 18.8. The Bertz CT molecular complexity index is 940. The Morgan fingerprint density at radius 1 is 1.13 bits per heavy atom. The van der Waals surface area contributed by atoms with Crippen LogP contribution in [0.4, 0.5) is 0 Å². The second-order valence-corrected chi connectivity index (χ2v) is 8.48. The number of aromatic nitrogens is 3. The lowest BCUT2D eigenvalue weighted by molar-refractivity contribution is 0.0891. The smallest absolute Gasteiger partial charge is 0.253 e. The van der Waals surface area contributed by atoms with Crippen molar-refractivity contribution in [2.24, 2.45) is 5.92 Å². The Kier molecular flexibility index (Phi) is 7.10. The van der Waals surface area contributed by atoms with Crippen molar-refractivity contribution in [3.63, 3.8) is 0 Å². The van der Waals surface area contributed by atoms with E-state index in [1.165, 1.54) is 18.4 Å². The molecule has 1 aliphatic carbocycles. The highest BCUT2D eigenvalue weighted by molar-refractivity contribution is 5.94. The zero-order valence-corrected chi connectivity index (χ0v) is 18.2. The molecule has 31 heavy (non-hydrogen) atoms. The molecule has 6 heteroatoms. The first-order valence-corrected chi connectivity index (χ1v) is 11.2. The Labute approximate surface area is 184 Å². The maximum Gasteiger partial charge on any atom is 0.253 e. The molecule has 1 fully saturated rings. The standard InChI is InChI=1S/C25H31N5O/c1-29(17-14-20-8-3-2-4-9-20)19-22-10-5-6-11-23(22)28-25(31)21-12-13-24(26-18-21)30-16-7-15-27-30/h2-4,7-9,12-13,15-16,18,22-23H,5-6,10-11,14,17,19H2,1H3,(H,28,31)/t22-,23?/m0/s1. The Morgan fingerprint density at radius 3 is 2.71 bits per heavy atom. The summed E-state index contributed by atoms with van der Waals surface area (Å²) < 4.78 is 1.68. The predicted octanol–water partition coefficient (Wildman–Crippen LogP) is 3.73. The molecular weight excluding hydrogens is 386 g/mol. The van der Waals surface area contributed by atoms with Gasteiger partial charge in [0.15, 0.2) is 5.82 Å². The second kappa shape index (κ2) is 10.4. The van der Waals surface area contributed by atoms with Crippen molar-refractivity contribution in [1.29, 1.82) is 0 Å². The molecule has 1 saturated carbocycles. The van der Waals surface area contributed by atoms with E-state index in [9.17, 15) is 4.79 Å². The van der Waals surface area contributed by atoms with E-state index < -0.39 is 0 Å². The van der Waals surface area contributed by atoms with Crippen LogP contribution in [-0.4, -0.2) is 51.8 Å².